The van der Waals surface area contributed by atoms with Gasteiger partial charge in [-0.25, -0.2) is 0 Å². The molecular formula is C19H28N4O3. The van der Waals surface area contributed by atoms with Crippen LogP contribution in [-0.4, -0.2) is 71.3 Å². The molecule has 2 fully saturated rings. The van der Waals surface area contributed by atoms with Crippen LogP contribution in [0, 0.1) is 10.1 Å². The van der Waals surface area contributed by atoms with Crippen molar-refractivity contribution in [2.45, 2.75) is 32.2 Å². The molecule has 2 aliphatic heterocycles. The van der Waals surface area contributed by atoms with Gasteiger partial charge in [-0.15, -0.1) is 0 Å². The van der Waals surface area contributed by atoms with Crippen LogP contribution in [0.1, 0.15) is 31.2 Å². The maximum absolute atomic E-state index is 12.5. The fourth-order valence-corrected chi connectivity index (χ4v) is 3.78. The third kappa shape index (κ3) is 5.02. The molecule has 0 aromatic heterocycles. The highest BCUT2D eigenvalue weighted by Crippen LogP contribution is 2.20. The van der Waals surface area contributed by atoms with Crippen LogP contribution in [-0.2, 0) is 11.3 Å². The van der Waals surface area contributed by atoms with E-state index in [0.717, 1.165) is 57.7 Å². The maximum Gasteiger partial charge on any atom is 0.273 e. The topological polar surface area (TPSA) is 69.9 Å². The van der Waals surface area contributed by atoms with Crippen molar-refractivity contribution in [2.75, 3.05) is 45.8 Å². The minimum atomic E-state index is -0.314. The molecule has 142 valence electrons. The molecule has 7 nitrogen and oxygen atoms in total. The van der Waals surface area contributed by atoms with Crippen LogP contribution in [0.3, 0.4) is 0 Å². The maximum atomic E-state index is 12.5. The second-order valence-corrected chi connectivity index (χ2v) is 7.23. The molecule has 0 spiro atoms. The van der Waals surface area contributed by atoms with E-state index in [1.165, 1.54) is 12.8 Å². The normalized spacial score (nSPS) is 19.9. The fraction of sp³-hybridized carbons (Fsp3) is 0.632. The average molecular weight is 360 g/mol. The molecule has 0 aliphatic carbocycles. The van der Waals surface area contributed by atoms with Gasteiger partial charge in [0.2, 0.25) is 5.91 Å². The number of piperazine rings is 1. The molecule has 7 heteroatoms. The summed E-state index contributed by atoms with van der Waals surface area (Å²) in [7, 11) is 0. The van der Waals surface area contributed by atoms with Crippen LogP contribution in [0.5, 0.6) is 0 Å². The highest BCUT2D eigenvalue weighted by atomic mass is 16.6. The second-order valence-electron chi connectivity index (χ2n) is 7.23. The zero-order valence-corrected chi connectivity index (χ0v) is 15.3. The van der Waals surface area contributed by atoms with Gasteiger partial charge in [-0.1, -0.05) is 31.0 Å². The summed E-state index contributed by atoms with van der Waals surface area (Å²) in [6.45, 7) is 6.22. The van der Waals surface area contributed by atoms with Crippen molar-refractivity contribution in [2.24, 2.45) is 0 Å². The Morgan fingerprint density at radius 1 is 0.923 bits per heavy atom. The summed E-state index contributed by atoms with van der Waals surface area (Å²) < 4.78 is 0. The molecule has 3 rings (SSSR count). The molecule has 0 saturated carbocycles. The van der Waals surface area contributed by atoms with Gasteiger partial charge in [0.15, 0.2) is 0 Å². The largest absolute Gasteiger partial charge is 0.342 e. The van der Waals surface area contributed by atoms with Crippen LogP contribution in [0.25, 0.3) is 0 Å². The molecular weight excluding hydrogens is 332 g/mol. The predicted molar refractivity (Wildman–Crippen MR) is 99.9 cm³/mol. The van der Waals surface area contributed by atoms with Gasteiger partial charge in [0.05, 0.1) is 11.5 Å². The SMILES string of the molecule is O=C(CN1CCN(Cc2ccccc2[N+](=O)[O-])CC1)N1CCCCCC1. The van der Waals surface area contributed by atoms with Crippen LogP contribution in [0.15, 0.2) is 24.3 Å². The Balaban J connectivity index is 1.47. The van der Waals surface area contributed by atoms with Crippen LogP contribution < -0.4 is 0 Å². The summed E-state index contributed by atoms with van der Waals surface area (Å²) in [5.74, 6) is 0.249. The molecule has 2 heterocycles. The van der Waals surface area contributed by atoms with Crippen molar-refractivity contribution >= 4 is 11.6 Å². The number of hydrogen-bond acceptors (Lipinski definition) is 5. The number of rotatable bonds is 5. The third-order valence-electron chi connectivity index (χ3n) is 5.36. The molecule has 0 N–H and O–H groups in total. The van der Waals surface area contributed by atoms with E-state index in [2.05, 4.69) is 9.80 Å². The van der Waals surface area contributed by atoms with Crippen molar-refractivity contribution < 1.29 is 9.72 Å². The molecule has 1 aromatic rings. The molecule has 1 amide bonds. The quantitative estimate of drug-likeness (QED) is 0.594. The third-order valence-corrected chi connectivity index (χ3v) is 5.36. The summed E-state index contributed by atoms with van der Waals surface area (Å²) in [5, 5.41) is 11.1. The van der Waals surface area contributed by atoms with E-state index in [9.17, 15) is 14.9 Å². The second kappa shape index (κ2) is 9.09. The predicted octanol–water partition coefficient (Wildman–Crippen LogP) is 2.11. The monoisotopic (exact) mass is 360 g/mol. The minimum absolute atomic E-state index is 0.186. The average Bonchev–Trinajstić information content (AvgIpc) is 2.93. The number of nitro benzene ring substituents is 1. The lowest BCUT2D eigenvalue weighted by atomic mass is 10.1. The van der Waals surface area contributed by atoms with Gasteiger partial charge in [0.25, 0.3) is 5.69 Å². The molecule has 0 unspecified atom stereocenters. The Hall–Kier alpha value is -1.99. The summed E-state index contributed by atoms with van der Waals surface area (Å²) in [4.78, 5) is 29.8. The van der Waals surface area contributed by atoms with Gasteiger partial charge >= 0.3 is 0 Å². The van der Waals surface area contributed by atoms with Gasteiger partial charge in [0, 0.05) is 57.4 Å². The van der Waals surface area contributed by atoms with E-state index >= 15 is 0 Å². The van der Waals surface area contributed by atoms with E-state index in [1.54, 1.807) is 12.1 Å². The van der Waals surface area contributed by atoms with E-state index in [0.29, 0.717) is 13.1 Å². The van der Waals surface area contributed by atoms with E-state index in [1.807, 2.05) is 17.0 Å². The van der Waals surface area contributed by atoms with Gasteiger partial charge in [-0.2, -0.15) is 0 Å². The zero-order valence-electron chi connectivity index (χ0n) is 15.3. The lowest BCUT2D eigenvalue weighted by Gasteiger charge is -2.35. The number of nitrogens with zero attached hydrogens (tertiary/aromatic N) is 4. The van der Waals surface area contributed by atoms with E-state index < -0.39 is 0 Å². The number of amides is 1. The van der Waals surface area contributed by atoms with Crippen LogP contribution in [0.4, 0.5) is 5.69 Å². The number of hydrogen-bond donors (Lipinski definition) is 0. The molecule has 26 heavy (non-hydrogen) atoms. The number of para-hydroxylation sites is 1. The Kier molecular flexibility index (Phi) is 6.57. The summed E-state index contributed by atoms with van der Waals surface area (Å²) in [6, 6.07) is 6.94. The van der Waals surface area contributed by atoms with Crippen molar-refractivity contribution in [3.63, 3.8) is 0 Å². The number of benzene rings is 1. The van der Waals surface area contributed by atoms with Crippen LogP contribution >= 0.6 is 0 Å². The first-order valence-electron chi connectivity index (χ1n) is 9.58. The summed E-state index contributed by atoms with van der Waals surface area (Å²) in [5.41, 5.74) is 0.942. The lowest BCUT2D eigenvalue weighted by molar-refractivity contribution is -0.385. The first-order chi connectivity index (χ1) is 12.6. The van der Waals surface area contributed by atoms with Gasteiger partial charge in [-0.05, 0) is 12.8 Å². The van der Waals surface area contributed by atoms with E-state index in [4.69, 9.17) is 0 Å². The molecule has 2 aliphatic rings. The smallest absolute Gasteiger partial charge is 0.273 e. The minimum Gasteiger partial charge on any atom is -0.342 e. The Bertz CT molecular complexity index is 621. The molecule has 2 saturated heterocycles. The van der Waals surface area contributed by atoms with Crippen molar-refractivity contribution in [3.05, 3.63) is 39.9 Å². The first-order valence-corrected chi connectivity index (χ1v) is 9.58. The zero-order chi connectivity index (χ0) is 18.4. The highest BCUT2D eigenvalue weighted by molar-refractivity contribution is 5.78. The van der Waals surface area contributed by atoms with Crippen LogP contribution in [0.2, 0.25) is 0 Å². The summed E-state index contributed by atoms with van der Waals surface area (Å²) in [6.07, 6.45) is 4.70. The number of nitro groups is 1. The molecule has 1 aromatic carbocycles. The van der Waals surface area contributed by atoms with Gasteiger partial charge in [-0.3, -0.25) is 24.7 Å². The number of carbonyl (C=O) groups is 1. The van der Waals surface area contributed by atoms with Gasteiger partial charge in [0.1, 0.15) is 0 Å². The van der Waals surface area contributed by atoms with Crippen molar-refractivity contribution in [3.8, 4) is 0 Å². The molecule has 0 bridgehead atoms. The molecule has 0 atom stereocenters. The number of carbonyl (C=O) groups excluding carboxylic acids is 1. The summed E-state index contributed by atoms with van der Waals surface area (Å²) >= 11 is 0. The Morgan fingerprint density at radius 2 is 1.54 bits per heavy atom. The van der Waals surface area contributed by atoms with Gasteiger partial charge < -0.3 is 4.90 Å². The highest BCUT2D eigenvalue weighted by Gasteiger charge is 2.23. The number of likely N-dealkylation sites (tertiary alicyclic amines) is 1. The Labute approximate surface area is 154 Å². The molecule has 0 radical (unpaired) electrons. The van der Waals surface area contributed by atoms with Crippen molar-refractivity contribution in [1.29, 1.82) is 0 Å². The Morgan fingerprint density at radius 3 is 2.19 bits per heavy atom. The first kappa shape index (κ1) is 18.8. The fourth-order valence-electron chi connectivity index (χ4n) is 3.78. The van der Waals surface area contributed by atoms with E-state index in [-0.39, 0.29) is 16.5 Å². The lowest BCUT2D eigenvalue weighted by Crippen LogP contribution is -2.49. The standard InChI is InChI=1S/C19H28N4O3/c24-19(22-9-5-1-2-6-10-22)16-21-13-11-20(12-14-21)15-17-7-3-4-8-18(17)23(25)26/h3-4,7-8H,1-2,5-6,9-16H2. The van der Waals surface area contributed by atoms with Crippen molar-refractivity contribution in [1.82, 2.24) is 14.7 Å².